The van der Waals surface area contributed by atoms with Gasteiger partial charge >= 0.3 is 0 Å². The first-order valence-corrected chi connectivity index (χ1v) is 11.5. The molecule has 0 fully saturated rings. The van der Waals surface area contributed by atoms with Crippen LogP contribution >= 0.6 is 0 Å². The molecule has 0 saturated carbocycles. The lowest BCUT2D eigenvalue weighted by atomic mass is 9.90. The summed E-state index contributed by atoms with van der Waals surface area (Å²) in [6.45, 7) is 0.836. The number of rotatable bonds is 4. The smallest absolute Gasteiger partial charge is 0.274 e. The van der Waals surface area contributed by atoms with Gasteiger partial charge in [0, 0.05) is 19.3 Å². The summed E-state index contributed by atoms with van der Waals surface area (Å²) < 4.78 is 28.4. The molecule has 0 atom stereocenters. The molecule has 7 nitrogen and oxygen atoms in total. The molecule has 0 saturated heterocycles. The molecule has 5 rings (SSSR count). The standard InChI is InChI=1S/C27H22F2N4O3/c28-19-5-2-6-20(29)25(19)21-7-3-8-22(31-21)26(35)32-23-14-30-12-10-18(23)27(36)33-13-11-17-16(15-33)4-1-9-24(17)34/h2-3,5-10,12,14,34H,1,4,11,13,15H2,(H,32,35). The third kappa shape index (κ3) is 4.47. The molecular weight excluding hydrogens is 466 g/mol. The van der Waals surface area contributed by atoms with E-state index >= 15 is 0 Å². The molecule has 3 aromatic rings. The van der Waals surface area contributed by atoms with Crippen molar-refractivity contribution in [3.63, 3.8) is 0 Å². The summed E-state index contributed by atoms with van der Waals surface area (Å²) in [5, 5.41) is 12.8. The topological polar surface area (TPSA) is 95.4 Å². The lowest BCUT2D eigenvalue weighted by Crippen LogP contribution is -2.38. The van der Waals surface area contributed by atoms with Crippen molar-refractivity contribution in [2.24, 2.45) is 0 Å². The van der Waals surface area contributed by atoms with Gasteiger partial charge in [-0.25, -0.2) is 13.8 Å². The van der Waals surface area contributed by atoms with Crippen molar-refractivity contribution < 1.29 is 23.5 Å². The van der Waals surface area contributed by atoms with E-state index in [4.69, 9.17) is 0 Å². The molecule has 0 spiro atoms. The minimum Gasteiger partial charge on any atom is -0.508 e. The van der Waals surface area contributed by atoms with Gasteiger partial charge in [-0.2, -0.15) is 0 Å². The predicted molar refractivity (Wildman–Crippen MR) is 129 cm³/mol. The monoisotopic (exact) mass is 488 g/mol. The van der Waals surface area contributed by atoms with Gasteiger partial charge in [-0.05, 0) is 66.8 Å². The van der Waals surface area contributed by atoms with Gasteiger partial charge in [0.05, 0.1) is 28.7 Å². The highest BCUT2D eigenvalue weighted by molar-refractivity contribution is 6.08. The van der Waals surface area contributed by atoms with Gasteiger partial charge in [0.25, 0.3) is 11.8 Å². The van der Waals surface area contributed by atoms with E-state index in [1.165, 1.54) is 42.7 Å². The highest BCUT2D eigenvalue weighted by atomic mass is 19.1. The molecule has 182 valence electrons. The van der Waals surface area contributed by atoms with E-state index in [0.717, 1.165) is 36.1 Å². The van der Waals surface area contributed by atoms with E-state index in [1.54, 1.807) is 11.0 Å². The second kappa shape index (κ2) is 9.69. The summed E-state index contributed by atoms with van der Waals surface area (Å²) in [5.74, 6) is -2.21. The maximum absolute atomic E-state index is 14.2. The first kappa shape index (κ1) is 23.3. The van der Waals surface area contributed by atoms with Crippen molar-refractivity contribution in [1.29, 1.82) is 0 Å². The molecule has 1 aliphatic carbocycles. The highest BCUT2D eigenvalue weighted by Crippen LogP contribution is 2.32. The molecule has 1 aromatic carbocycles. The Morgan fingerprint density at radius 2 is 1.81 bits per heavy atom. The molecule has 2 amide bonds. The quantitative estimate of drug-likeness (QED) is 0.536. The van der Waals surface area contributed by atoms with Gasteiger partial charge in [-0.1, -0.05) is 12.1 Å². The predicted octanol–water partition coefficient (Wildman–Crippen LogP) is 5.05. The van der Waals surface area contributed by atoms with Crippen LogP contribution in [0.1, 0.15) is 40.1 Å². The Hall–Kier alpha value is -4.40. The molecule has 2 N–H and O–H groups in total. The van der Waals surface area contributed by atoms with Crippen LogP contribution in [-0.2, 0) is 0 Å². The Bertz CT molecular complexity index is 1410. The molecular formula is C27H22F2N4O3. The van der Waals surface area contributed by atoms with Crippen molar-refractivity contribution in [1.82, 2.24) is 14.9 Å². The molecule has 3 heterocycles. The van der Waals surface area contributed by atoms with Crippen LogP contribution in [0.5, 0.6) is 0 Å². The Kier molecular flexibility index (Phi) is 6.28. The fourth-order valence-electron chi connectivity index (χ4n) is 4.53. The number of allylic oxidation sites excluding steroid dienone is 2. The molecule has 2 aliphatic rings. The number of aliphatic hydroxyl groups is 1. The highest BCUT2D eigenvalue weighted by Gasteiger charge is 2.28. The number of hydrogen-bond donors (Lipinski definition) is 2. The van der Waals surface area contributed by atoms with Crippen LogP contribution in [0, 0.1) is 11.6 Å². The Balaban J connectivity index is 1.37. The van der Waals surface area contributed by atoms with Gasteiger partial charge in [0.15, 0.2) is 0 Å². The number of amides is 2. The number of aromatic nitrogens is 2. The summed E-state index contributed by atoms with van der Waals surface area (Å²) in [5.41, 5.74) is 1.97. The zero-order valence-corrected chi connectivity index (χ0v) is 19.2. The molecule has 9 heteroatoms. The van der Waals surface area contributed by atoms with Gasteiger partial charge in [-0.3, -0.25) is 14.6 Å². The van der Waals surface area contributed by atoms with Crippen molar-refractivity contribution in [2.75, 3.05) is 18.4 Å². The number of aliphatic hydroxyl groups excluding tert-OH is 1. The van der Waals surface area contributed by atoms with Crippen LogP contribution in [0.15, 0.2) is 77.8 Å². The number of carbonyl (C=O) groups is 2. The summed E-state index contributed by atoms with van der Waals surface area (Å²) in [4.78, 5) is 36.2. The zero-order valence-electron chi connectivity index (χ0n) is 19.2. The molecule has 0 bridgehead atoms. The van der Waals surface area contributed by atoms with E-state index in [2.05, 4.69) is 15.3 Å². The number of hydrogen-bond acceptors (Lipinski definition) is 5. The van der Waals surface area contributed by atoms with Gasteiger partial charge in [0.2, 0.25) is 0 Å². The maximum Gasteiger partial charge on any atom is 0.274 e. The summed E-state index contributed by atoms with van der Waals surface area (Å²) >= 11 is 0. The summed E-state index contributed by atoms with van der Waals surface area (Å²) in [6.07, 6.45) is 6.71. The lowest BCUT2D eigenvalue weighted by molar-refractivity contribution is 0.0761. The maximum atomic E-state index is 14.2. The third-order valence-electron chi connectivity index (χ3n) is 6.32. The van der Waals surface area contributed by atoms with Crippen molar-refractivity contribution in [2.45, 2.75) is 19.3 Å². The number of halogens is 2. The van der Waals surface area contributed by atoms with E-state index in [9.17, 15) is 23.5 Å². The number of nitrogens with zero attached hydrogens (tertiary/aromatic N) is 3. The largest absolute Gasteiger partial charge is 0.508 e. The number of nitrogens with one attached hydrogen (secondary N) is 1. The minimum atomic E-state index is -0.790. The van der Waals surface area contributed by atoms with Crippen molar-refractivity contribution in [3.05, 3.63) is 101 Å². The SMILES string of the molecule is O=C(Nc1cnccc1C(=O)N1CCC2=C(CCC=C2O)C1)c1cccc(-c2c(F)cccc2F)n1. The second-order valence-corrected chi connectivity index (χ2v) is 8.57. The first-order chi connectivity index (χ1) is 17.4. The van der Waals surface area contributed by atoms with E-state index in [0.29, 0.717) is 25.3 Å². The van der Waals surface area contributed by atoms with Crippen LogP contribution in [-0.4, -0.2) is 44.9 Å². The Morgan fingerprint density at radius 1 is 1.03 bits per heavy atom. The van der Waals surface area contributed by atoms with Gasteiger partial charge in [0.1, 0.15) is 23.1 Å². The fourth-order valence-corrected chi connectivity index (χ4v) is 4.53. The van der Waals surface area contributed by atoms with E-state index in [1.807, 2.05) is 0 Å². The Labute approximate surface area is 205 Å². The number of pyridine rings is 2. The summed E-state index contributed by atoms with van der Waals surface area (Å²) in [7, 11) is 0. The van der Waals surface area contributed by atoms with Crippen LogP contribution in [0.4, 0.5) is 14.5 Å². The number of benzene rings is 1. The normalized spacial score (nSPS) is 15.3. The number of anilines is 1. The minimum absolute atomic E-state index is 0.0251. The Morgan fingerprint density at radius 3 is 2.61 bits per heavy atom. The van der Waals surface area contributed by atoms with E-state index < -0.39 is 17.5 Å². The van der Waals surface area contributed by atoms with Crippen LogP contribution in [0.25, 0.3) is 11.3 Å². The molecule has 1 aliphatic heterocycles. The second-order valence-electron chi connectivity index (χ2n) is 8.57. The zero-order chi connectivity index (χ0) is 25.2. The lowest BCUT2D eigenvalue weighted by Gasteiger charge is -2.32. The van der Waals surface area contributed by atoms with Crippen LogP contribution < -0.4 is 5.32 Å². The first-order valence-electron chi connectivity index (χ1n) is 11.5. The average Bonchev–Trinajstić information content (AvgIpc) is 2.89. The molecule has 36 heavy (non-hydrogen) atoms. The van der Waals surface area contributed by atoms with Crippen molar-refractivity contribution in [3.8, 4) is 11.3 Å². The molecule has 2 aromatic heterocycles. The average molecular weight is 488 g/mol. The van der Waals surface area contributed by atoms with E-state index in [-0.39, 0.29) is 34.1 Å². The van der Waals surface area contributed by atoms with Crippen LogP contribution in [0.2, 0.25) is 0 Å². The third-order valence-corrected chi connectivity index (χ3v) is 6.32. The molecule has 0 unspecified atom stereocenters. The fraction of sp³-hybridized carbons (Fsp3) is 0.185. The summed E-state index contributed by atoms with van der Waals surface area (Å²) in [6, 6.07) is 9.31. The van der Waals surface area contributed by atoms with Gasteiger partial charge < -0.3 is 15.3 Å². The number of carbonyl (C=O) groups excluding carboxylic acids is 2. The molecule has 0 radical (unpaired) electrons. The van der Waals surface area contributed by atoms with Crippen molar-refractivity contribution >= 4 is 17.5 Å². The van der Waals surface area contributed by atoms with Gasteiger partial charge in [-0.15, -0.1) is 0 Å². The van der Waals surface area contributed by atoms with Crippen LogP contribution in [0.3, 0.4) is 0 Å².